The van der Waals surface area contributed by atoms with Gasteiger partial charge in [-0.15, -0.1) is 5.10 Å². The van der Waals surface area contributed by atoms with Crippen LogP contribution in [0.5, 0.6) is 0 Å². The van der Waals surface area contributed by atoms with E-state index in [-0.39, 0.29) is 6.42 Å². The SMILES string of the molecule is CC(F)(F)C1CCc2nc(C(=O)O)nn21. The highest BCUT2D eigenvalue weighted by Crippen LogP contribution is 2.36. The van der Waals surface area contributed by atoms with Crippen LogP contribution in [-0.4, -0.2) is 31.8 Å². The zero-order valence-electron chi connectivity index (χ0n) is 7.94. The maximum absolute atomic E-state index is 13.1. The number of aromatic nitrogens is 3. The number of carbonyl (C=O) groups is 1. The Labute approximate surface area is 83.7 Å². The molecule has 0 amide bonds. The summed E-state index contributed by atoms with van der Waals surface area (Å²) >= 11 is 0. The summed E-state index contributed by atoms with van der Waals surface area (Å²) in [6.07, 6.45) is 0.590. The maximum Gasteiger partial charge on any atom is 0.375 e. The van der Waals surface area contributed by atoms with E-state index in [2.05, 4.69) is 10.1 Å². The maximum atomic E-state index is 13.1. The minimum Gasteiger partial charge on any atom is -0.475 e. The molecule has 0 saturated heterocycles. The van der Waals surface area contributed by atoms with Crippen LogP contribution < -0.4 is 0 Å². The normalized spacial score (nSPS) is 20.3. The number of rotatable bonds is 2. The largest absolute Gasteiger partial charge is 0.475 e. The first-order valence-electron chi connectivity index (χ1n) is 4.46. The third kappa shape index (κ3) is 1.57. The number of carboxylic acids is 1. The Morgan fingerprint density at radius 3 is 2.87 bits per heavy atom. The van der Waals surface area contributed by atoms with E-state index in [0.717, 1.165) is 11.6 Å². The van der Waals surface area contributed by atoms with Crippen LogP contribution in [0, 0.1) is 0 Å². The van der Waals surface area contributed by atoms with Gasteiger partial charge in [-0.05, 0) is 6.42 Å². The van der Waals surface area contributed by atoms with E-state index < -0.39 is 23.8 Å². The lowest BCUT2D eigenvalue weighted by atomic mass is 10.1. The number of hydrogen-bond acceptors (Lipinski definition) is 3. The molecule has 0 radical (unpaired) electrons. The van der Waals surface area contributed by atoms with Crippen molar-refractivity contribution in [3.63, 3.8) is 0 Å². The Bertz CT molecular complexity index is 411. The molecule has 1 aliphatic heterocycles. The summed E-state index contributed by atoms with van der Waals surface area (Å²) < 4.78 is 27.2. The van der Waals surface area contributed by atoms with Crippen molar-refractivity contribution in [3.8, 4) is 0 Å². The van der Waals surface area contributed by atoms with Crippen LogP contribution in [0.1, 0.15) is 35.8 Å². The van der Waals surface area contributed by atoms with Crippen molar-refractivity contribution in [2.45, 2.75) is 31.7 Å². The van der Waals surface area contributed by atoms with E-state index in [1.165, 1.54) is 0 Å². The minimum atomic E-state index is -2.91. The number of aryl methyl sites for hydroxylation is 1. The molecular formula is C8H9F2N3O2. The van der Waals surface area contributed by atoms with E-state index in [1.54, 1.807) is 0 Å². The molecule has 0 fully saturated rings. The number of carboxylic acid groups (broad SMARTS) is 1. The highest BCUT2D eigenvalue weighted by atomic mass is 19.3. The second-order valence-corrected chi connectivity index (χ2v) is 3.61. The molecule has 1 N–H and O–H groups in total. The van der Waals surface area contributed by atoms with Crippen LogP contribution in [0.25, 0.3) is 0 Å². The summed E-state index contributed by atoms with van der Waals surface area (Å²) in [5.74, 6) is -4.30. The first kappa shape index (κ1) is 10.0. The second-order valence-electron chi connectivity index (χ2n) is 3.61. The predicted molar refractivity (Wildman–Crippen MR) is 45.0 cm³/mol. The summed E-state index contributed by atoms with van der Waals surface area (Å²) in [6.45, 7) is 0.800. The number of hydrogen-bond donors (Lipinski definition) is 1. The van der Waals surface area contributed by atoms with Gasteiger partial charge in [-0.1, -0.05) is 0 Å². The molecule has 15 heavy (non-hydrogen) atoms. The van der Waals surface area contributed by atoms with Crippen molar-refractivity contribution in [3.05, 3.63) is 11.6 Å². The fourth-order valence-electron chi connectivity index (χ4n) is 1.72. The van der Waals surface area contributed by atoms with Gasteiger partial charge in [-0.2, -0.15) is 0 Å². The van der Waals surface area contributed by atoms with E-state index in [4.69, 9.17) is 5.11 Å². The van der Waals surface area contributed by atoms with Crippen LogP contribution in [0.3, 0.4) is 0 Å². The molecule has 7 heteroatoms. The standard InChI is InChI=1S/C8H9F2N3O2/c1-8(9,10)4-2-3-5-11-6(7(14)15)12-13(4)5/h4H,2-3H2,1H3,(H,14,15). The Kier molecular flexibility index (Phi) is 1.99. The minimum absolute atomic E-state index is 0.249. The molecular weight excluding hydrogens is 208 g/mol. The van der Waals surface area contributed by atoms with E-state index in [9.17, 15) is 13.6 Å². The summed E-state index contributed by atoms with van der Waals surface area (Å²) in [5.41, 5.74) is 0. The van der Waals surface area contributed by atoms with Crippen LogP contribution >= 0.6 is 0 Å². The van der Waals surface area contributed by atoms with Gasteiger partial charge in [0.25, 0.3) is 11.7 Å². The molecule has 0 saturated carbocycles. The predicted octanol–water partition coefficient (Wildman–Crippen LogP) is 1.12. The first-order chi connectivity index (χ1) is 6.89. The monoisotopic (exact) mass is 217 g/mol. The molecule has 1 aromatic rings. The quantitative estimate of drug-likeness (QED) is 0.805. The second kappa shape index (κ2) is 2.98. The Morgan fingerprint density at radius 1 is 1.67 bits per heavy atom. The number of halogens is 2. The first-order valence-corrected chi connectivity index (χ1v) is 4.46. The average molecular weight is 217 g/mol. The van der Waals surface area contributed by atoms with Gasteiger partial charge in [0.1, 0.15) is 11.9 Å². The van der Waals surface area contributed by atoms with Crippen LogP contribution in [-0.2, 0) is 6.42 Å². The van der Waals surface area contributed by atoms with Crippen LogP contribution in [0.4, 0.5) is 8.78 Å². The van der Waals surface area contributed by atoms with Gasteiger partial charge in [0, 0.05) is 13.3 Å². The molecule has 82 valence electrons. The zero-order chi connectivity index (χ0) is 11.2. The van der Waals surface area contributed by atoms with Crippen LogP contribution in [0.2, 0.25) is 0 Å². The highest BCUT2D eigenvalue weighted by Gasteiger charge is 2.41. The summed E-state index contributed by atoms with van der Waals surface area (Å²) in [4.78, 5) is 14.2. The number of nitrogens with zero attached hydrogens (tertiary/aromatic N) is 3. The Morgan fingerprint density at radius 2 is 2.33 bits per heavy atom. The topological polar surface area (TPSA) is 68.0 Å². The number of fused-ring (bicyclic) bond motifs is 1. The molecule has 2 rings (SSSR count). The smallest absolute Gasteiger partial charge is 0.375 e. The third-order valence-electron chi connectivity index (χ3n) is 2.41. The van der Waals surface area contributed by atoms with Gasteiger partial charge >= 0.3 is 5.97 Å². The third-order valence-corrected chi connectivity index (χ3v) is 2.41. The Balaban J connectivity index is 2.38. The number of aromatic carboxylic acids is 1. The highest BCUT2D eigenvalue weighted by molar-refractivity contribution is 5.82. The fourth-order valence-corrected chi connectivity index (χ4v) is 1.72. The molecule has 1 atom stereocenters. The van der Waals surface area contributed by atoms with Crippen molar-refractivity contribution in [1.82, 2.24) is 14.8 Å². The fraction of sp³-hybridized carbons (Fsp3) is 0.625. The average Bonchev–Trinajstić information content (AvgIpc) is 2.56. The molecule has 1 unspecified atom stereocenters. The van der Waals surface area contributed by atoms with Crippen molar-refractivity contribution >= 4 is 5.97 Å². The van der Waals surface area contributed by atoms with Gasteiger partial charge in [-0.3, -0.25) is 0 Å². The molecule has 0 aliphatic carbocycles. The molecule has 2 heterocycles. The van der Waals surface area contributed by atoms with Crippen molar-refractivity contribution < 1.29 is 18.7 Å². The van der Waals surface area contributed by atoms with Gasteiger partial charge in [-0.25, -0.2) is 23.2 Å². The van der Waals surface area contributed by atoms with Gasteiger partial charge in [0.05, 0.1) is 0 Å². The van der Waals surface area contributed by atoms with E-state index in [0.29, 0.717) is 12.2 Å². The van der Waals surface area contributed by atoms with Crippen LogP contribution in [0.15, 0.2) is 0 Å². The molecule has 0 aromatic carbocycles. The van der Waals surface area contributed by atoms with E-state index in [1.807, 2.05) is 0 Å². The molecule has 0 spiro atoms. The van der Waals surface area contributed by atoms with Crippen molar-refractivity contribution in [2.24, 2.45) is 0 Å². The molecule has 1 aliphatic rings. The summed E-state index contributed by atoms with van der Waals surface area (Å²) in [6, 6.07) is -1.08. The summed E-state index contributed by atoms with van der Waals surface area (Å²) in [7, 11) is 0. The van der Waals surface area contributed by atoms with Crippen molar-refractivity contribution in [1.29, 1.82) is 0 Å². The van der Waals surface area contributed by atoms with Gasteiger partial charge < -0.3 is 5.11 Å². The molecule has 5 nitrogen and oxygen atoms in total. The molecule has 1 aromatic heterocycles. The van der Waals surface area contributed by atoms with Gasteiger partial charge in [0.15, 0.2) is 0 Å². The summed E-state index contributed by atoms with van der Waals surface area (Å²) in [5, 5.41) is 12.2. The Hall–Kier alpha value is -1.53. The van der Waals surface area contributed by atoms with Crippen molar-refractivity contribution in [2.75, 3.05) is 0 Å². The number of alkyl halides is 2. The lowest BCUT2D eigenvalue weighted by Crippen LogP contribution is -2.26. The zero-order valence-corrected chi connectivity index (χ0v) is 7.94. The lowest BCUT2D eigenvalue weighted by Gasteiger charge is -2.18. The lowest BCUT2D eigenvalue weighted by molar-refractivity contribution is -0.0339. The van der Waals surface area contributed by atoms with Gasteiger partial charge in [0.2, 0.25) is 0 Å². The van der Waals surface area contributed by atoms with E-state index >= 15 is 0 Å². The molecule has 0 bridgehead atoms.